The van der Waals surface area contributed by atoms with E-state index in [4.69, 9.17) is 9.47 Å². The maximum Gasteiger partial charge on any atom is 0.341 e. The van der Waals surface area contributed by atoms with Crippen LogP contribution in [0.5, 0.6) is 5.75 Å². The van der Waals surface area contributed by atoms with Gasteiger partial charge in [-0.15, -0.1) is 0 Å². The summed E-state index contributed by atoms with van der Waals surface area (Å²) in [6, 6.07) is 7.93. The molecule has 0 spiro atoms. The zero-order valence-corrected chi connectivity index (χ0v) is 13.2. The van der Waals surface area contributed by atoms with Gasteiger partial charge in [-0.1, -0.05) is 18.2 Å². The number of benzene rings is 1. The topological polar surface area (TPSA) is 73.3 Å². The molecule has 0 amide bonds. The molecule has 3 rings (SSSR count). The number of para-hydroxylation sites is 1. The fraction of sp³-hybridized carbons (Fsp3) is 0.353. The first-order valence-electron chi connectivity index (χ1n) is 7.59. The van der Waals surface area contributed by atoms with Crippen molar-refractivity contribution in [3.05, 3.63) is 47.8 Å². The molecule has 1 aliphatic rings. The number of nitrogens with one attached hydrogen (secondary N) is 1. The predicted molar refractivity (Wildman–Crippen MR) is 85.5 cm³/mol. The third kappa shape index (κ3) is 3.11. The molecule has 23 heavy (non-hydrogen) atoms. The first-order valence-corrected chi connectivity index (χ1v) is 7.59. The SMILES string of the molecule is CCOC(=O)c1cnc(NC2(c3ccccc3OC)CC2)nc1. The zero-order valence-electron chi connectivity index (χ0n) is 13.2. The fourth-order valence-corrected chi connectivity index (χ4v) is 2.55. The van der Waals surface area contributed by atoms with E-state index in [2.05, 4.69) is 15.3 Å². The van der Waals surface area contributed by atoms with Crippen LogP contribution < -0.4 is 10.1 Å². The molecular formula is C17H19N3O3. The lowest BCUT2D eigenvalue weighted by molar-refractivity contribution is 0.0525. The van der Waals surface area contributed by atoms with E-state index in [9.17, 15) is 4.79 Å². The summed E-state index contributed by atoms with van der Waals surface area (Å²) in [5.74, 6) is 0.923. The third-order valence-corrected chi connectivity index (χ3v) is 3.89. The summed E-state index contributed by atoms with van der Waals surface area (Å²) in [5, 5.41) is 3.36. The van der Waals surface area contributed by atoms with E-state index in [0.29, 0.717) is 18.1 Å². The van der Waals surface area contributed by atoms with Crippen molar-refractivity contribution in [1.29, 1.82) is 0 Å². The Morgan fingerprint density at radius 1 is 1.26 bits per heavy atom. The molecule has 0 radical (unpaired) electrons. The standard InChI is InChI=1S/C17H19N3O3/c1-3-23-15(21)12-10-18-16(19-11-12)20-17(8-9-17)13-6-4-5-7-14(13)22-2/h4-7,10-11H,3,8-9H2,1-2H3,(H,18,19,20). The van der Waals surface area contributed by atoms with Gasteiger partial charge in [-0.3, -0.25) is 0 Å². The van der Waals surface area contributed by atoms with Crippen molar-refractivity contribution in [2.24, 2.45) is 0 Å². The molecule has 1 N–H and O–H groups in total. The highest BCUT2D eigenvalue weighted by molar-refractivity contribution is 5.88. The van der Waals surface area contributed by atoms with Crippen LogP contribution in [0.3, 0.4) is 0 Å². The molecule has 1 aromatic carbocycles. The molecular weight excluding hydrogens is 294 g/mol. The van der Waals surface area contributed by atoms with Gasteiger partial charge in [0.15, 0.2) is 0 Å². The van der Waals surface area contributed by atoms with Crippen LogP contribution in [-0.4, -0.2) is 29.7 Å². The highest BCUT2D eigenvalue weighted by Gasteiger charge is 2.46. The number of ether oxygens (including phenoxy) is 2. The van der Waals surface area contributed by atoms with Gasteiger partial charge < -0.3 is 14.8 Å². The highest BCUT2D eigenvalue weighted by Crippen LogP contribution is 2.50. The van der Waals surface area contributed by atoms with Gasteiger partial charge in [-0.05, 0) is 25.8 Å². The Labute approximate surface area is 134 Å². The number of nitrogens with zero attached hydrogens (tertiary/aromatic N) is 2. The summed E-state index contributed by atoms with van der Waals surface area (Å²) in [4.78, 5) is 20.1. The van der Waals surface area contributed by atoms with E-state index in [0.717, 1.165) is 24.2 Å². The summed E-state index contributed by atoms with van der Waals surface area (Å²) in [6.07, 6.45) is 4.92. The summed E-state index contributed by atoms with van der Waals surface area (Å²) < 4.78 is 10.4. The maximum atomic E-state index is 11.6. The minimum Gasteiger partial charge on any atom is -0.496 e. The van der Waals surface area contributed by atoms with Gasteiger partial charge in [0.2, 0.25) is 5.95 Å². The van der Waals surface area contributed by atoms with Crippen molar-refractivity contribution in [2.75, 3.05) is 19.0 Å². The van der Waals surface area contributed by atoms with Crippen LogP contribution >= 0.6 is 0 Å². The molecule has 0 aliphatic heterocycles. The summed E-state index contributed by atoms with van der Waals surface area (Å²) >= 11 is 0. The Morgan fingerprint density at radius 2 is 1.96 bits per heavy atom. The summed E-state index contributed by atoms with van der Waals surface area (Å²) in [7, 11) is 1.67. The number of hydrogen-bond donors (Lipinski definition) is 1. The lowest BCUT2D eigenvalue weighted by Crippen LogP contribution is -2.21. The minimum absolute atomic E-state index is 0.196. The number of anilines is 1. The average Bonchev–Trinajstić information content (AvgIpc) is 3.36. The van der Waals surface area contributed by atoms with E-state index in [1.165, 1.54) is 12.4 Å². The van der Waals surface area contributed by atoms with Gasteiger partial charge in [0.05, 0.1) is 24.8 Å². The molecule has 6 heteroatoms. The largest absolute Gasteiger partial charge is 0.496 e. The molecule has 2 aromatic rings. The number of rotatable bonds is 6. The first-order chi connectivity index (χ1) is 11.2. The molecule has 1 aliphatic carbocycles. The van der Waals surface area contributed by atoms with Crippen molar-refractivity contribution in [1.82, 2.24) is 9.97 Å². The second-order valence-electron chi connectivity index (χ2n) is 5.42. The van der Waals surface area contributed by atoms with Crippen LogP contribution in [0.15, 0.2) is 36.7 Å². The second kappa shape index (κ2) is 6.24. The van der Waals surface area contributed by atoms with E-state index < -0.39 is 5.97 Å². The number of carbonyl (C=O) groups excluding carboxylic acids is 1. The summed E-state index contributed by atoms with van der Waals surface area (Å²) in [5.41, 5.74) is 1.25. The Hall–Kier alpha value is -2.63. The lowest BCUT2D eigenvalue weighted by atomic mass is 10.0. The zero-order chi connectivity index (χ0) is 16.3. The Morgan fingerprint density at radius 3 is 2.57 bits per heavy atom. The van der Waals surface area contributed by atoms with Gasteiger partial charge in [0, 0.05) is 18.0 Å². The third-order valence-electron chi connectivity index (χ3n) is 3.89. The molecule has 1 saturated carbocycles. The number of aromatic nitrogens is 2. The number of methoxy groups -OCH3 is 1. The fourth-order valence-electron chi connectivity index (χ4n) is 2.55. The van der Waals surface area contributed by atoms with Gasteiger partial charge in [0.1, 0.15) is 5.75 Å². The molecule has 0 atom stereocenters. The van der Waals surface area contributed by atoms with Crippen LogP contribution in [0.4, 0.5) is 5.95 Å². The van der Waals surface area contributed by atoms with Crippen molar-refractivity contribution >= 4 is 11.9 Å². The smallest absolute Gasteiger partial charge is 0.341 e. The molecule has 6 nitrogen and oxygen atoms in total. The van der Waals surface area contributed by atoms with Crippen LogP contribution in [0.2, 0.25) is 0 Å². The van der Waals surface area contributed by atoms with E-state index in [1.807, 2.05) is 24.3 Å². The van der Waals surface area contributed by atoms with Gasteiger partial charge in [0.25, 0.3) is 0 Å². The van der Waals surface area contributed by atoms with E-state index >= 15 is 0 Å². The summed E-state index contributed by atoms with van der Waals surface area (Å²) in [6.45, 7) is 2.09. The quantitative estimate of drug-likeness (QED) is 0.827. The molecule has 0 unspecified atom stereocenters. The van der Waals surface area contributed by atoms with Crippen molar-refractivity contribution in [3.63, 3.8) is 0 Å². The molecule has 0 saturated heterocycles. The van der Waals surface area contributed by atoms with Crippen molar-refractivity contribution < 1.29 is 14.3 Å². The van der Waals surface area contributed by atoms with Crippen molar-refractivity contribution in [2.45, 2.75) is 25.3 Å². The molecule has 1 heterocycles. The van der Waals surface area contributed by atoms with Gasteiger partial charge in [-0.25, -0.2) is 14.8 Å². The minimum atomic E-state index is -0.412. The van der Waals surface area contributed by atoms with Gasteiger partial charge >= 0.3 is 5.97 Å². The molecule has 1 fully saturated rings. The Bertz CT molecular complexity index is 696. The predicted octanol–water partition coefficient (Wildman–Crippen LogP) is 2.76. The van der Waals surface area contributed by atoms with Crippen molar-refractivity contribution in [3.8, 4) is 5.75 Å². The molecule has 0 bridgehead atoms. The van der Waals surface area contributed by atoms with Crippen LogP contribution in [0.25, 0.3) is 0 Å². The lowest BCUT2D eigenvalue weighted by Gasteiger charge is -2.20. The van der Waals surface area contributed by atoms with Crippen LogP contribution in [0, 0.1) is 0 Å². The second-order valence-corrected chi connectivity index (χ2v) is 5.42. The average molecular weight is 313 g/mol. The highest BCUT2D eigenvalue weighted by atomic mass is 16.5. The monoisotopic (exact) mass is 313 g/mol. The van der Waals surface area contributed by atoms with E-state index in [1.54, 1.807) is 14.0 Å². The maximum absolute atomic E-state index is 11.6. The van der Waals surface area contributed by atoms with E-state index in [-0.39, 0.29) is 5.54 Å². The van der Waals surface area contributed by atoms with Crippen LogP contribution in [-0.2, 0) is 10.3 Å². The number of hydrogen-bond acceptors (Lipinski definition) is 6. The van der Waals surface area contributed by atoms with Gasteiger partial charge in [-0.2, -0.15) is 0 Å². The van der Waals surface area contributed by atoms with Crippen LogP contribution in [0.1, 0.15) is 35.7 Å². The normalized spacial score (nSPS) is 14.9. The number of esters is 1. The Balaban J connectivity index is 1.78. The Kier molecular flexibility index (Phi) is 4.14. The molecule has 120 valence electrons. The number of carbonyl (C=O) groups is 1. The molecule has 1 aromatic heterocycles. The first kappa shape index (κ1) is 15.3.